The predicted octanol–water partition coefficient (Wildman–Crippen LogP) is 1.52. The summed E-state index contributed by atoms with van der Waals surface area (Å²) in [6, 6.07) is 0.100. The van der Waals surface area contributed by atoms with Crippen LogP contribution in [-0.4, -0.2) is 49.6 Å². The maximum atomic E-state index is 12.1. The van der Waals surface area contributed by atoms with Crippen molar-refractivity contribution in [2.45, 2.75) is 32.2 Å². The van der Waals surface area contributed by atoms with Crippen molar-refractivity contribution in [2.24, 2.45) is 5.92 Å². The molecule has 0 aromatic heterocycles. The maximum Gasteiger partial charge on any atom is 0.281 e. The van der Waals surface area contributed by atoms with Gasteiger partial charge in [-0.05, 0) is 32.1 Å². The Kier molecular flexibility index (Phi) is 5.04. The molecular weight excluding hydrogens is 248 g/mol. The fraction of sp³-hybridized carbons (Fsp3) is 1.00. The lowest BCUT2D eigenvalue weighted by Gasteiger charge is -2.28. The molecule has 0 heterocycles. The summed E-state index contributed by atoms with van der Waals surface area (Å²) in [4.78, 5) is 0. The molecule has 1 rings (SSSR count). The highest BCUT2D eigenvalue weighted by Crippen LogP contribution is 2.35. The van der Waals surface area contributed by atoms with Crippen molar-refractivity contribution in [1.29, 1.82) is 0 Å². The first kappa shape index (κ1) is 14.2. The van der Waals surface area contributed by atoms with Crippen LogP contribution in [0, 0.1) is 5.92 Å². The molecule has 0 radical (unpaired) electrons. The van der Waals surface area contributed by atoms with E-state index in [1.807, 2.05) is 6.92 Å². The van der Waals surface area contributed by atoms with E-state index >= 15 is 0 Å². The molecule has 0 saturated heterocycles. The Morgan fingerprint density at radius 3 is 2.38 bits per heavy atom. The van der Waals surface area contributed by atoms with Gasteiger partial charge in [0.05, 0.1) is 0 Å². The Morgan fingerprint density at radius 1 is 1.38 bits per heavy atom. The van der Waals surface area contributed by atoms with E-state index in [2.05, 4.69) is 0 Å². The number of hydrogen-bond donors (Lipinski definition) is 0. The Hall–Kier alpha value is 0.160. The van der Waals surface area contributed by atoms with Crippen LogP contribution in [0.5, 0.6) is 0 Å². The average Bonchev–Trinajstić information content (AvgIpc) is 3.07. The lowest BCUT2D eigenvalue weighted by atomic mass is 10.2. The molecule has 0 N–H and O–H groups in total. The standard InChI is InChI=1S/C10H21ClN2O2S/c1-9(10-5-6-10)13(3)16(14,15)12(2)8-4-7-11/h9-10H,4-8H2,1-3H3. The van der Waals surface area contributed by atoms with Gasteiger partial charge in [-0.15, -0.1) is 11.6 Å². The SMILES string of the molecule is CC(C1CC1)N(C)S(=O)(=O)N(C)CCCCl. The first-order valence-electron chi connectivity index (χ1n) is 5.66. The maximum absolute atomic E-state index is 12.1. The molecule has 0 bridgehead atoms. The molecule has 0 aliphatic heterocycles. The van der Waals surface area contributed by atoms with Gasteiger partial charge in [0.2, 0.25) is 0 Å². The van der Waals surface area contributed by atoms with Crippen LogP contribution in [0.3, 0.4) is 0 Å². The number of alkyl halides is 1. The van der Waals surface area contributed by atoms with Crippen LogP contribution in [0.1, 0.15) is 26.2 Å². The van der Waals surface area contributed by atoms with Gasteiger partial charge < -0.3 is 0 Å². The van der Waals surface area contributed by atoms with Crippen molar-refractivity contribution < 1.29 is 8.42 Å². The van der Waals surface area contributed by atoms with Gasteiger partial charge in [0.25, 0.3) is 10.2 Å². The summed E-state index contributed by atoms with van der Waals surface area (Å²) >= 11 is 5.56. The van der Waals surface area contributed by atoms with Gasteiger partial charge in [0.1, 0.15) is 0 Å². The van der Waals surface area contributed by atoms with Crippen LogP contribution in [-0.2, 0) is 10.2 Å². The van der Waals surface area contributed by atoms with E-state index in [0.29, 0.717) is 24.8 Å². The predicted molar refractivity (Wildman–Crippen MR) is 66.8 cm³/mol. The second kappa shape index (κ2) is 5.67. The van der Waals surface area contributed by atoms with Gasteiger partial charge in [0, 0.05) is 32.6 Å². The highest BCUT2D eigenvalue weighted by Gasteiger charge is 2.36. The molecular formula is C10H21ClN2O2S. The third-order valence-electron chi connectivity index (χ3n) is 3.24. The number of nitrogens with zero attached hydrogens (tertiary/aromatic N) is 2. The fourth-order valence-electron chi connectivity index (χ4n) is 1.70. The van der Waals surface area contributed by atoms with Gasteiger partial charge in [-0.1, -0.05) is 0 Å². The van der Waals surface area contributed by atoms with Crippen molar-refractivity contribution in [3.8, 4) is 0 Å². The van der Waals surface area contributed by atoms with Gasteiger partial charge in [-0.3, -0.25) is 0 Å². The topological polar surface area (TPSA) is 40.6 Å². The van der Waals surface area contributed by atoms with Crippen LogP contribution in [0.2, 0.25) is 0 Å². The summed E-state index contributed by atoms with van der Waals surface area (Å²) in [7, 11) is -0.0361. The fourth-order valence-corrected chi connectivity index (χ4v) is 3.21. The second-order valence-electron chi connectivity index (χ2n) is 4.47. The van der Waals surface area contributed by atoms with Gasteiger partial charge in [-0.2, -0.15) is 17.0 Å². The molecule has 1 aliphatic rings. The molecule has 1 fully saturated rings. The Morgan fingerprint density at radius 2 is 1.94 bits per heavy atom. The van der Waals surface area contributed by atoms with E-state index in [1.165, 1.54) is 8.61 Å². The lowest BCUT2D eigenvalue weighted by molar-refractivity contribution is 0.323. The van der Waals surface area contributed by atoms with Crippen LogP contribution < -0.4 is 0 Å². The smallest absolute Gasteiger partial charge is 0.195 e. The van der Waals surface area contributed by atoms with E-state index in [1.54, 1.807) is 14.1 Å². The molecule has 4 nitrogen and oxygen atoms in total. The molecule has 16 heavy (non-hydrogen) atoms. The van der Waals surface area contributed by atoms with E-state index in [0.717, 1.165) is 12.8 Å². The molecule has 6 heteroatoms. The Balaban J connectivity index is 2.60. The quantitative estimate of drug-likeness (QED) is 0.657. The zero-order valence-electron chi connectivity index (χ0n) is 10.2. The minimum Gasteiger partial charge on any atom is -0.195 e. The highest BCUT2D eigenvalue weighted by molar-refractivity contribution is 7.86. The minimum atomic E-state index is -3.31. The minimum absolute atomic E-state index is 0.100. The Labute approximate surface area is 104 Å². The molecule has 96 valence electrons. The third kappa shape index (κ3) is 3.32. The van der Waals surface area contributed by atoms with Crippen molar-refractivity contribution in [1.82, 2.24) is 8.61 Å². The first-order valence-corrected chi connectivity index (χ1v) is 7.59. The second-order valence-corrected chi connectivity index (χ2v) is 6.94. The number of hydrogen-bond acceptors (Lipinski definition) is 2. The van der Waals surface area contributed by atoms with Gasteiger partial charge >= 0.3 is 0 Å². The Bertz CT molecular complexity index is 317. The average molecular weight is 269 g/mol. The van der Waals surface area contributed by atoms with Crippen LogP contribution in [0.15, 0.2) is 0 Å². The van der Waals surface area contributed by atoms with E-state index < -0.39 is 10.2 Å². The molecule has 0 aromatic carbocycles. The molecule has 1 atom stereocenters. The van der Waals surface area contributed by atoms with Crippen molar-refractivity contribution in [2.75, 3.05) is 26.5 Å². The molecule has 0 amide bonds. The third-order valence-corrected chi connectivity index (χ3v) is 5.54. The molecule has 1 saturated carbocycles. The first-order chi connectivity index (χ1) is 7.41. The summed E-state index contributed by atoms with van der Waals surface area (Å²) < 4.78 is 27.1. The normalized spacial score (nSPS) is 19.4. The lowest BCUT2D eigenvalue weighted by Crippen LogP contribution is -2.45. The van der Waals surface area contributed by atoms with Crippen molar-refractivity contribution in [3.05, 3.63) is 0 Å². The summed E-state index contributed by atoms with van der Waals surface area (Å²) in [5.41, 5.74) is 0. The molecule has 1 aliphatic carbocycles. The largest absolute Gasteiger partial charge is 0.281 e. The van der Waals surface area contributed by atoms with Crippen LogP contribution >= 0.6 is 11.6 Å². The molecule has 0 spiro atoms. The van der Waals surface area contributed by atoms with E-state index in [-0.39, 0.29) is 6.04 Å². The van der Waals surface area contributed by atoms with E-state index in [9.17, 15) is 8.42 Å². The number of halogens is 1. The van der Waals surface area contributed by atoms with Crippen molar-refractivity contribution in [3.63, 3.8) is 0 Å². The van der Waals surface area contributed by atoms with Crippen LogP contribution in [0.4, 0.5) is 0 Å². The molecule has 0 aromatic rings. The van der Waals surface area contributed by atoms with Gasteiger partial charge in [-0.25, -0.2) is 0 Å². The summed E-state index contributed by atoms with van der Waals surface area (Å²) in [6.07, 6.45) is 2.97. The molecule has 1 unspecified atom stereocenters. The number of rotatable bonds is 7. The zero-order valence-corrected chi connectivity index (χ0v) is 11.8. The monoisotopic (exact) mass is 268 g/mol. The highest BCUT2D eigenvalue weighted by atomic mass is 35.5. The summed E-state index contributed by atoms with van der Waals surface area (Å²) in [6.45, 7) is 2.46. The summed E-state index contributed by atoms with van der Waals surface area (Å²) in [5.74, 6) is 1.03. The zero-order chi connectivity index (χ0) is 12.3. The van der Waals surface area contributed by atoms with Crippen molar-refractivity contribution >= 4 is 21.8 Å². The van der Waals surface area contributed by atoms with Gasteiger partial charge in [0.15, 0.2) is 0 Å². The summed E-state index contributed by atoms with van der Waals surface area (Å²) in [5, 5.41) is 0. The van der Waals surface area contributed by atoms with Crippen LogP contribution in [0.25, 0.3) is 0 Å². The van der Waals surface area contributed by atoms with E-state index in [4.69, 9.17) is 11.6 Å².